The number of amides is 2. The third-order valence-electron chi connectivity index (χ3n) is 5.36. The van der Waals surface area contributed by atoms with E-state index in [2.05, 4.69) is 15.6 Å². The van der Waals surface area contributed by atoms with Gasteiger partial charge in [0.15, 0.2) is 11.6 Å². The minimum Gasteiger partial charge on any atom is -0.490 e. The fourth-order valence-corrected chi connectivity index (χ4v) is 3.90. The number of nitrogens with one attached hydrogen (secondary N) is 2. The largest absolute Gasteiger partial charge is 0.490 e. The van der Waals surface area contributed by atoms with Crippen LogP contribution in [0.4, 0.5) is 28.2 Å². The Kier molecular flexibility index (Phi) is 4.84. The Morgan fingerprint density at radius 2 is 1.75 bits per heavy atom. The van der Waals surface area contributed by atoms with Crippen LogP contribution in [0.5, 0.6) is 17.2 Å². The number of anilines is 1. The smallest absolute Gasteiger partial charge is 0.320 e. The number of benzene rings is 2. The SMILES string of the molecule is O=C(Nc1ccc(Oc2cc(F)cc(F)c2)cn1)NC1[C@H]2COc3c(F)ccc(F)c3[C@@H]12. The summed E-state index contributed by atoms with van der Waals surface area (Å²) in [5.74, 6) is -3.03. The third kappa shape index (κ3) is 3.79. The van der Waals surface area contributed by atoms with Gasteiger partial charge in [-0.05, 0) is 24.3 Å². The molecule has 6 nitrogen and oxygen atoms in total. The van der Waals surface area contributed by atoms with Crippen LogP contribution in [0.2, 0.25) is 0 Å². The van der Waals surface area contributed by atoms with Crippen LogP contribution in [-0.4, -0.2) is 23.7 Å². The zero-order valence-electron chi connectivity index (χ0n) is 16.2. The number of carbonyl (C=O) groups is 1. The Balaban J connectivity index is 1.20. The summed E-state index contributed by atoms with van der Waals surface area (Å²) in [5.41, 5.74) is 0.139. The molecule has 1 unspecified atom stereocenters. The summed E-state index contributed by atoms with van der Waals surface area (Å²) in [6, 6.07) is 6.75. The van der Waals surface area contributed by atoms with Crippen molar-refractivity contribution >= 4 is 11.8 Å². The Bertz CT molecular complexity index is 1190. The number of halogens is 4. The summed E-state index contributed by atoms with van der Waals surface area (Å²) in [4.78, 5) is 16.4. The summed E-state index contributed by atoms with van der Waals surface area (Å²) < 4.78 is 65.2. The lowest BCUT2D eigenvalue weighted by Gasteiger charge is -2.16. The summed E-state index contributed by atoms with van der Waals surface area (Å²) in [6.07, 6.45) is 1.28. The van der Waals surface area contributed by atoms with E-state index in [0.29, 0.717) is 0 Å². The van der Waals surface area contributed by atoms with Crippen LogP contribution in [0.15, 0.2) is 48.7 Å². The molecule has 1 fully saturated rings. The molecule has 0 radical (unpaired) electrons. The zero-order chi connectivity index (χ0) is 22.4. The fraction of sp³-hybridized carbons (Fsp3) is 0.182. The highest BCUT2D eigenvalue weighted by Gasteiger charge is 2.57. The monoisotopic (exact) mass is 445 g/mol. The Hall–Kier alpha value is -3.82. The normalized spacial score (nSPS) is 20.4. The quantitative estimate of drug-likeness (QED) is 0.570. The predicted molar refractivity (Wildman–Crippen MR) is 105 cm³/mol. The van der Waals surface area contributed by atoms with Gasteiger partial charge in [-0.15, -0.1) is 0 Å². The van der Waals surface area contributed by atoms with Crippen LogP contribution in [0.1, 0.15) is 11.5 Å². The summed E-state index contributed by atoms with van der Waals surface area (Å²) in [7, 11) is 0. The summed E-state index contributed by atoms with van der Waals surface area (Å²) in [5, 5.41) is 5.26. The van der Waals surface area contributed by atoms with E-state index in [4.69, 9.17) is 9.47 Å². The van der Waals surface area contributed by atoms with Crippen LogP contribution >= 0.6 is 0 Å². The number of urea groups is 1. The molecule has 0 bridgehead atoms. The van der Waals surface area contributed by atoms with Gasteiger partial charge < -0.3 is 14.8 Å². The van der Waals surface area contributed by atoms with E-state index in [9.17, 15) is 22.4 Å². The van der Waals surface area contributed by atoms with Gasteiger partial charge in [0.1, 0.15) is 34.8 Å². The molecule has 0 saturated heterocycles. The zero-order valence-corrected chi connectivity index (χ0v) is 16.2. The maximum absolute atomic E-state index is 14.2. The van der Waals surface area contributed by atoms with E-state index in [1.165, 1.54) is 18.3 Å². The first kappa shape index (κ1) is 20.1. The second kappa shape index (κ2) is 7.70. The van der Waals surface area contributed by atoms with Crippen molar-refractivity contribution in [3.8, 4) is 17.2 Å². The fourth-order valence-electron chi connectivity index (χ4n) is 3.90. The maximum Gasteiger partial charge on any atom is 0.320 e. The molecule has 32 heavy (non-hydrogen) atoms. The molecule has 1 aliphatic carbocycles. The molecule has 1 aromatic heterocycles. The predicted octanol–water partition coefficient (Wildman–Crippen LogP) is 4.73. The van der Waals surface area contributed by atoms with E-state index in [0.717, 1.165) is 30.3 Å². The van der Waals surface area contributed by atoms with Crippen LogP contribution in [0.25, 0.3) is 0 Å². The van der Waals surface area contributed by atoms with E-state index in [1.54, 1.807) is 0 Å². The molecule has 1 saturated carbocycles. The number of ether oxygens (including phenoxy) is 2. The molecule has 2 heterocycles. The van der Waals surface area contributed by atoms with Gasteiger partial charge in [-0.25, -0.2) is 27.3 Å². The first-order chi connectivity index (χ1) is 15.4. The van der Waals surface area contributed by atoms with Crippen LogP contribution < -0.4 is 20.1 Å². The number of hydrogen-bond acceptors (Lipinski definition) is 4. The van der Waals surface area contributed by atoms with Crippen molar-refractivity contribution in [3.63, 3.8) is 0 Å². The van der Waals surface area contributed by atoms with Crippen LogP contribution in [-0.2, 0) is 0 Å². The highest BCUT2D eigenvalue weighted by molar-refractivity contribution is 5.89. The second-order valence-electron chi connectivity index (χ2n) is 7.48. The average molecular weight is 445 g/mol. The molecule has 1 aliphatic heterocycles. The molecular weight excluding hydrogens is 430 g/mol. The first-order valence-electron chi connectivity index (χ1n) is 9.67. The number of hydrogen-bond donors (Lipinski definition) is 2. The lowest BCUT2D eigenvalue weighted by atomic mass is 10.0. The van der Waals surface area contributed by atoms with Gasteiger partial charge in [0.2, 0.25) is 0 Å². The van der Waals surface area contributed by atoms with Crippen molar-refractivity contribution < 1.29 is 31.8 Å². The van der Waals surface area contributed by atoms with Crippen molar-refractivity contribution in [2.75, 3.05) is 11.9 Å². The van der Waals surface area contributed by atoms with Crippen LogP contribution in [0.3, 0.4) is 0 Å². The van der Waals surface area contributed by atoms with Crippen molar-refractivity contribution in [2.45, 2.75) is 12.0 Å². The molecule has 3 atom stereocenters. The van der Waals surface area contributed by atoms with E-state index >= 15 is 0 Å². The van der Waals surface area contributed by atoms with Gasteiger partial charge in [-0.3, -0.25) is 5.32 Å². The van der Waals surface area contributed by atoms with Crippen molar-refractivity contribution in [1.82, 2.24) is 10.3 Å². The lowest BCUT2D eigenvalue weighted by Crippen LogP contribution is -2.32. The van der Waals surface area contributed by atoms with Gasteiger partial charge in [0, 0.05) is 41.6 Å². The molecule has 5 rings (SSSR count). The minimum atomic E-state index is -0.779. The number of aromatic nitrogens is 1. The topological polar surface area (TPSA) is 72.5 Å². The molecule has 2 aromatic carbocycles. The number of nitrogens with zero attached hydrogens (tertiary/aromatic N) is 1. The number of rotatable bonds is 4. The number of fused-ring (bicyclic) bond motifs is 3. The van der Waals surface area contributed by atoms with E-state index in [-0.39, 0.29) is 47.1 Å². The highest BCUT2D eigenvalue weighted by atomic mass is 19.1. The maximum atomic E-state index is 14.2. The summed E-state index contributed by atoms with van der Waals surface area (Å²) >= 11 is 0. The van der Waals surface area contributed by atoms with Crippen molar-refractivity contribution in [3.05, 3.63) is 77.5 Å². The molecule has 0 spiro atoms. The van der Waals surface area contributed by atoms with Crippen molar-refractivity contribution in [1.29, 1.82) is 0 Å². The molecule has 10 heteroatoms. The molecule has 3 aromatic rings. The Morgan fingerprint density at radius 3 is 2.47 bits per heavy atom. The molecular formula is C22H15F4N3O3. The number of carbonyl (C=O) groups excluding carboxylic acids is 1. The minimum absolute atomic E-state index is 0.0368. The Labute approximate surface area is 179 Å². The van der Waals surface area contributed by atoms with Gasteiger partial charge in [0.25, 0.3) is 0 Å². The number of pyridine rings is 1. The molecule has 164 valence electrons. The van der Waals surface area contributed by atoms with Gasteiger partial charge in [0.05, 0.1) is 12.8 Å². The molecule has 2 amide bonds. The summed E-state index contributed by atoms with van der Waals surface area (Å²) in [6.45, 7) is 0.175. The second-order valence-corrected chi connectivity index (χ2v) is 7.48. The highest BCUT2D eigenvalue weighted by Crippen LogP contribution is 2.55. The first-order valence-corrected chi connectivity index (χ1v) is 9.67. The van der Waals surface area contributed by atoms with Gasteiger partial charge in [-0.1, -0.05) is 0 Å². The van der Waals surface area contributed by atoms with E-state index < -0.39 is 35.3 Å². The van der Waals surface area contributed by atoms with Gasteiger partial charge >= 0.3 is 6.03 Å². The Morgan fingerprint density at radius 1 is 1.00 bits per heavy atom. The van der Waals surface area contributed by atoms with Crippen molar-refractivity contribution in [2.24, 2.45) is 5.92 Å². The lowest BCUT2D eigenvalue weighted by molar-refractivity contribution is 0.247. The van der Waals surface area contributed by atoms with Crippen LogP contribution in [0, 0.1) is 29.2 Å². The third-order valence-corrected chi connectivity index (χ3v) is 5.36. The average Bonchev–Trinajstić information content (AvgIpc) is 3.44. The van der Waals surface area contributed by atoms with E-state index in [1.807, 2.05) is 0 Å². The molecule has 2 aliphatic rings. The standard InChI is InChI=1S/C22H15F4N3O3/c23-10-5-11(24)7-13(6-10)32-12-1-4-17(27-8-12)28-22(30)29-20-14-9-31-21-16(26)3-2-15(25)19(21)18(14)20/h1-8,14,18,20H,9H2,(H2,27,28,29,30)/t14-,18-,20?/m0/s1. The van der Waals surface area contributed by atoms with Gasteiger partial charge in [-0.2, -0.15) is 0 Å². The molecule has 2 N–H and O–H groups in total.